The lowest BCUT2D eigenvalue weighted by atomic mass is 10.2. The van der Waals surface area contributed by atoms with Crippen LogP contribution in [-0.2, 0) is 0 Å². The molecule has 0 amide bonds. The van der Waals surface area contributed by atoms with Gasteiger partial charge in [-0.15, -0.1) is 11.8 Å². The Hall–Kier alpha value is -1.21. The lowest BCUT2D eigenvalue weighted by molar-refractivity contribution is 0.102. The van der Waals surface area contributed by atoms with Crippen LogP contribution < -0.4 is 9.47 Å². The minimum Gasteiger partial charge on any atom is -0.493 e. The highest BCUT2D eigenvalue weighted by molar-refractivity contribution is 14.1. The normalized spacial score (nSPS) is 10.2. The first kappa shape index (κ1) is 16.2. The molecule has 21 heavy (non-hydrogen) atoms. The molecular weight excluding hydrogens is 399 g/mol. The van der Waals surface area contributed by atoms with E-state index in [0.29, 0.717) is 17.3 Å². The van der Waals surface area contributed by atoms with Gasteiger partial charge in [-0.1, -0.05) is 12.1 Å². The van der Waals surface area contributed by atoms with Crippen molar-refractivity contribution in [1.29, 1.82) is 0 Å². The van der Waals surface area contributed by atoms with E-state index in [9.17, 15) is 4.79 Å². The number of rotatable bonds is 6. The molecule has 0 fully saturated rings. The summed E-state index contributed by atoms with van der Waals surface area (Å²) >= 11 is 3.70. The van der Waals surface area contributed by atoms with Crippen LogP contribution in [0.5, 0.6) is 11.5 Å². The molecule has 0 bridgehead atoms. The standard InChI is InChI=1S/C16H15IO3S/c1-19-15-7-6-13(9-16(15)20-2)21-10-14(18)11-4-3-5-12(17)8-11/h3-9H,10H2,1-2H3. The van der Waals surface area contributed by atoms with Gasteiger partial charge < -0.3 is 9.47 Å². The maximum atomic E-state index is 12.2. The molecule has 0 N–H and O–H groups in total. The van der Waals surface area contributed by atoms with Crippen LogP contribution in [0.15, 0.2) is 47.4 Å². The number of benzene rings is 2. The highest BCUT2D eigenvalue weighted by atomic mass is 127. The lowest BCUT2D eigenvalue weighted by Gasteiger charge is -2.09. The predicted octanol–water partition coefficient (Wildman–Crippen LogP) is 4.28. The maximum absolute atomic E-state index is 12.2. The Bertz CT molecular complexity index is 643. The summed E-state index contributed by atoms with van der Waals surface area (Å²) in [5.74, 6) is 1.87. The predicted molar refractivity (Wildman–Crippen MR) is 93.8 cm³/mol. The summed E-state index contributed by atoms with van der Waals surface area (Å²) in [6.45, 7) is 0. The zero-order valence-electron chi connectivity index (χ0n) is 11.8. The maximum Gasteiger partial charge on any atom is 0.173 e. The summed E-state index contributed by atoms with van der Waals surface area (Å²) in [7, 11) is 3.20. The second-order valence-corrected chi connectivity index (χ2v) is 6.53. The number of hydrogen-bond acceptors (Lipinski definition) is 4. The van der Waals surface area contributed by atoms with E-state index in [1.165, 1.54) is 11.8 Å². The van der Waals surface area contributed by atoms with Crippen molar-refractivity contribution in [3.8, 4) is 11.5 Å². The Morgan fingerprint density at radius 1 is 1.10 bits per heavy atom. The van der Waals surface area contributed by atoms with Crippen LogP contribution in [0.25, 0.3) is 0 Å². The van der Waals surface area contributed by atoms with Gasteiger partial charge in [0.05, 0.1) is 20.0 Å². The Balaban J connectivity index is 2.04. The molecule has 0 spiro atoms. The fraction of sp³-hybridized carbons (Fsp3) is 0.188. The van der Waals surface area contributed by atoms with Gasteiger partial charge in [-0.2, -0.15) is 0 Å². The van der Waals surface area contributed by atoms with E-state index in [1.54, 1.807) is 14.2 Å². The first-order chi connectivity index (χ1) is 10.1. The second-order valence-electron chi connectivity index (χ2n) is 4.24. The van der Waals surface area contributed by atoms with E-state index in [2.05, 4.69) is 22.6 Å². The van der Waals surface area contributed by atoms with Crippen LogP contribution in [0.3, 0.4) is 0 Å². The summed E-state index contributed by atoms with van der Waals surface area (Å²) in [5, 5.41) is 0. The number of hydrogen-bond donors (Lipinski definition) is 0. The summed E-state index contributed by atoms with van der Waals surface area (Å²) in [4.78, 5) is 13.1. The van der Waals surface area contributed by atoms with Crippen LogP contribution in [-0.4, -0.2) is 25.8 Å². The van der Waals surface area contributed by atoms with Gasteiger partial charge >= 0.3 is 0 Å². The van der Waals surface area contributed by atoms with Gasteiger partial charge in [0.15, 0.2) is 17.3 Å². The second kappa shape index (κ2) is 7.70. The Labute approximate surface area is 142 Å². The van der Waals surface area contributed by atoms with E-state index in [1.807, 2.05) is 42.5 Å². The molecule has 0 aliphatic carbocycles. The number of thioether (sulfide) groups is 1. The Morgan fingerprint density at radius 3 is 2.52 bits per heavy atom. The largest absolute Gasteiger partial charge is 0.493 e. The molecule has 0 saturated heterocycles. The van der Waals surface area contributed by atoms with E-state index >= 15 is 0 Å². The molecule has 0 saturated carbocycles. The van der Waals surface area contributed by atoms with Gasteiger partial charge in [0.1, 0.15) is 0 Å². The van der Waals surface area contributed by atoms with E-state index in [-0.39, 0.29) is 5.78 Å². The van der Waals surface area contributed by atoms with Gasteiger partial charge in [-0.25, -0.2) is 0 Å². The van der Waals surface area contributed by atoms with Crippen LogP contribution in [0.4, 0.5) is 0 Å². The van der Waals surface area contributed by atoms with Crippen molar-refractivity contribution in [3.63, 3.8) is 0 Å². The first-order valence-corrected chi connectivity index (χ1v) is 8.34. The summed E-state index contributed by atoms with van der Waals surface area (Å²) < 4.78 is 11.5. The number of ketones is 1. The zero-order chi connectivity index (χ0) is 15.2. The zero-order valence-corrected chi connectivity index (χ0v) is 14.7. The third kappa shape index (κ3) is 4.38. The topological polar surface area (TPSA) is 35.5 Å². The molecule has 0 aromatic heterocycles. The Morgan fingerprint density at radius 2 is 1.86 bits per heavy atom. The molecule has 110 valence electrons. The quantitative estimate of drug-likeness (QED) is 0.402. The van der Waals surface area contributed by atoms with Gasteiger partial charge in [-0.05, 0) is 52.9 Å². The highest BCUT2D eigenvalue weighted by Crippen LogP contribution is 2.32. The lowest BCUT2D eigenvalue weighted by Crippen LogP contribution is -2.02. The van der Waals surface area contributed by atoms with Crippen molar-refractivity contribution in [2.75, 3.05) is 20.0 Å². The summed E-state index contributed by atoms with van der Waals surface area (Å²) in [6.07, 6.45) is 0. The van der Waals surface area contributed by atoms with Gasteiger partial charge in [-0.3, -0.25) is 4.79 Å². The summed E-state index contributed by atoms with van der Waals surface area (Å²) in [5.41, 5.74) is 0.745. The first-order valence-electron chi connectivity index (χ1n) is 6.27. The fourth-order valence-corrected chi connectivity index (χ4v) is 3.16. The number of carbonyl (C=O) groups is 1. The molecule has 0 atom stereocenters. The number of halogens is 1. The van der Waals surface area contributed by atoms with Crippen molar-refractivity contribution in [3.05, 3.63) is 51.6 Å². The molecule has 0 aliphatic heterocycles. The fourth-order valence-electron chi connectivity index (χ4n) is 1.80. The molecule has 0 unspecified atom stereocenters. The molecular formula is C16H15IO3S. The van der Waals surface area contributed by atoms with E-state index in [0.717, 1.165) is 14.0 Å². The van der Waals surface area contributed by atoms with Crippen LogP contribution in [0.1, 0.15) is 10.4 Å². The van der Waals surface area contributed by atoms with Gasteiger partial charge in [0, 0.05) is 14.0 Å². The molecule has 0 heterocycles. The average molecular weight is 414 g/mol. The number of methoxy groups -OCH3 is 2. The smallest absolute Gasteiger partial charge is 0.173 e. The van der Waals surface area contributed by atoms with Gasteiger partial charge in [0.25, 0.3) is 0 Å². The third-order valence-corrected chi connectivity index (χ3v) is 4.54. The van der Waals surface area contributed by atoms with Crippen LogP contribution in [0, 0.1) is 3.57 Å². The highest BCUT2D eigenvalue weighted by Gasteiger charge is 2.09. The monoisotopic (exact) mass is 414 g/mol. The third-order valence-electron chi connectivity index (χ3n) is 2.87. The molecule has 2 rings (SSSR count). The number of carbonyl (C=O) groups excluding carboxylic acids is 1. The van der Waals surface area contributed by atoms with Crippen molar-refractivity contribution in [1.82, 2.24) is 0 Å². The molecule has 0 radical (unpaired) electrons. The molecule has 3 nitrogen and oxygen atoms in total. The minimum absolute atomic E-state index is 0.119. The van der Waals surface area contributed by atoms with Crippen LogP contribution in [0.2, 0.25) is 0 Å². The SMILES string of the molecule is COc1ccc(SCC(=O)c2cccc(I)c2)cc1OC. The molecule has 2 aromatic carbocycles. The van der Waals surface area contributed by atoms with Crippen LogP contribution >= 0.6 is 34.4 Å². The van der Waals surface area contributed by atoms with Crippen molar-refractivity contribution in [2.24, 2.45) is 0 Å². The van der Waals surface area contributed by atoms with Crippen molar-refractivity contribution in [2.45, 2.75) is 4.90 Å². The molecule has 2 aromatic rings. The molecule has 0 aliphatic rings. The number of Topliss-reactive ketones (excluding diaryl/α,β-unsaturated/α-hetero) is 1. The van der Waals surface area contributed by atoms with Crippen molar-refractivity contribution >= 4 is 40.1 Å². The van der Waals surface area contributed by atoms with Gasteiger partial charge in [0.2, 0.25) is 0 Å². The molecule has 5 heteroatoms. The van der Waals surface area contributed by atoms with E-state index < -0.39 is 0 Å². The van der Waals surface area contributed by atoms with E-state index in [4.69, 9.17) is 9.47 Å². The average Bonchev–Trinajstić information content (AvgIpc) is 2.52. The number of ether oxygens (including phenoxy) is 2. The Kier molecular flexibility index (Phi) is 5.93. The summed E-state index contributed by atoms with van der Waals surface area (Å²) in [6, 6.07) is 13.3. The minimum atomic E-state index is 0.119. The van der Waals surface area contributed by atoms with Crippen molar-refractivity contribution < 1.29 is 14.3 Å².